The molecule has 5 nitrogen and oxygen atoms in total. The number of aliphatic imine (C=N–C) groups is 1. The average molecular weight is 396 g/mol. The van der Waals surface area contributed by atoms with Gasteiger partial charge in [-0.3, -0.25) is 4.99 Å². The fraction of sp³-hybridized carbons (Fsp3) is 0.318. The van der Waals surface area contributed by atoms with E-state index in [1.54, 1.807) is 24.4 Å². The predicted molar refractivity (Wildman–Crippen MR) is 110 cm³/mol. The average Bonchev–Trinajstić information content (AvgIpc) is 3.37. The summed E-state index contributed by atoms with van der Waals surface area (Å²) in [5.41, 5.74) is 1.93. The molecule has 0 radical (unpaired) electrons. The zero-order valence-electron chi connectivity index (χ0n) is 16.1. The van der Waals surface area contributed by atoms with Gasteiger partial charge in [-0.2, -0.15) is 0 Å². The minimum atomic E-state index is -0.686. The molecule has 1 N–H and O–H groups in total. The maximum absolute atomic E-state index is 14.8. The quantitative estimate of drug-likeness (QED) is 0.857. The van der Waals surface area contributed by atoms with Crippen molar-refractivity contribution in [3.63, 3.8) is 0 Å². The number of ether oxygens (including phenoxy) is 1. The van der Waals surface area contributed by atoms with E-state index >= 15 is 0 Å². The van der Waals surface area contributed by atoms with Crippen LogP contribution in [0.4, 0.5) is 20.2 Å². The zero-order valence-corrected chi connectivity index (χ0v) is 16.1. The number of nitrogens with one attached hydrogen (secondary N) is 1. The third-order valence-corrected chi connectivity index (χ3v) is 5.90. The van der Waals surface area contributed by atoms with Gasteiger partial charge in [0.2, 0.25) is 0 Å². The van der Waals surface area contributed by atoms with Crippen LogP contribution in [0, 0.1) is 11.6 Å². The second-order valence-electron chi connectivity index (χ2n) is 7.56. The first-order chi connectivity index (χ1) is 14.2. The monoisotopic (exact) mass is 396 g/mol. The van der Waals surface area contributed by atoms with Crippen LogP contribution in [-0.2, 0) is 0 Å². The number of fused-ring (bicyclic) bond motifs is 2. The van der Waals surface area contributed by atoms with Crippen LogP contribution in [0.5, 0.6) is 5.75 Å². The Kier molecular flexibility index (Phi) is 4.47. The van der Waals surface area contributed by atoms with Crippen LogP contribution in [0.15, 0.2) is 53.7 Å². The van der Waals surface area contributed by atoms with Gasteiger partial charge in [-0.05, 0) is 42.8 Å². The largest absolute Gasteiger partial charge is 0.496 e. The van der Waals surface area contributed by atoms with E-state index in [-0.39, 0.29) is 5.82 Å². The Morgan fingerprint density at radius 3 is 2.83 bits per heavy atom. The minimum Gasteiger partial charge on any atom is -0.496 e. The molecule has 2 saturated heterocycles. The highest BCUT2D eigenvalue weighted by atomic mass is 19.1. The number of rotatable bonds is 4. The molecule has 5 rings (SSSR count). The van der Waals surface area contributed by atoms with Gasteiger partial charge in [0.25, 0.3) is 0 Å². The van der Waals surface area contributed by atoms with Crippen molar-refractivity contribution in [2.75, 3.05) is 30.0 Å². The predicted octanol–water partition coefficient (Wildman–Crippen LogP) is 3.63. The van der Waals surface area contributed by atoms with Crippen molar-refractivity contribution in [1.82, 2.24) is 5.32 Å². The number of methoxy groups -OCH3 is 1. The van der Waals surface area contributed by atoms with E-state index in [4.69, 9.17) is 4.74 Å². The lowest BCUT2D eigenvalue weighted by Crippen LogP contribution is -2.44. The van der Waals surface area contributed by atoms with E-state index in [1.807, 2.05) is 17.2 Å². The first-order valence-electron chi connectivity index (χ1n) is 9.76. The Bertz CT molecular complexity index is 993. The van der Waals surface area contributed by atoms with E-state index in [2.05, 4.69) is 15.2 Å². The molecule has 29 heavy (non-hydrogen) atoms. The van der Waals surface area contributed by atoms with Crippen molar-refractivity contribution in [3.05, 3.63) is 65.9 Å². The van der Waals surface area contributed by atoms with E-state index in [0.29, 0.717) is 29.1 Å². The maximum atomic E-state index is 14.8. The van der Waals surface area contributed by atoms with Crippen LogP contribution in [-0.4, -0.2) is 38.5 Å². The molecule has 0 aliphatic carbocycles. The van der Waals surface area contributed by atoms with Gasteiger partial charge >= 0.3 is 0 Å². The lowest BCUT2D eigenvalue weighted by atomic mass is 10.1. The van der Waals surface area contributed by atoms with Crippen molar-refractivity contribution < 1.29 is 13.5 Å². The number of nitrogens with zero attached hydrogens (tertiary/aromatic N) is 3. The molecule has 3 heterocycles. The number of hydrogen-bond acceptors (Lipinski definition) is 5. The van der Waals surface area contributed by atoms with E-state index in [9.17, 15) is 8.78 Å². The smallest absolute Gasteiger partial charge is 0.157 e. The topological polar surface area (TPSA) is 40.1 Å². The second-order valence-corrected chi connectivity index (χ2v) is 7.56. The number of anilines is 2. The van der Waals surface area contributed by atoms with Crippen LogP contribution >= 0.6 is 0 Å². The summed E-state index contributed by atoms with van der Waals surface area (Å²) in [7, 11) is 1.51. The van der Waals surface area contributed by atoms with Gasteiger partial charge in [0, 0.05) is 37.6 Å². The number of hydrogen-bond donors (Lipinski definition) is 1. The Morgan fingerprint density at radius 1 is 1.17 bits per heavy atom. The molecule has 2 aromatic carbocycles. The molecule has 1 unspecified atom stereocenters. The van der Waals surface area contributed by atoms with Gasteiger partial charge in [-0.1, -0.05) is 6.07 Å². The third-order valence-electron chi connectivity index (χ3n) is 5.90. The maximum Gasteiger partial charge on any atom is 0.157 e. The Morgan fingerprint density at radius 2 is 2.07 bits per heavy atom. The summed E-state index contributed by atoms with van der Waals surface area (Å²) in [5.74, 6) is -0.336. The summed E-state index contributed by atoms with van der Waals surface area (Å²) in [6, 6.07) is 10.3. The number of benzene rings is 2. The molecule has 0 aromatic heterocycles. The molecule has 150 valence electrons. The normalized spacial score (nSPS) is 25.1. The first-order valence-corrected chi connectivity index (χ1v) is 9.76. The second kappa shape index (κ2) is 7.15. The van der Waals surface area contributed by atoms with Gasteiger partial charge in [-0.15, -0.1) is 0 Å². The van der Waals surface area contributed by atoms with Crippen LogP contribution in [0.25, 0.3) is 0 Å². The molecule has 7 heteroatoms. The molecule has 0 spiro atoms. The Hall–Kier alpha value is -2.93. The summed E-state index contributed by atoms with van der Waals surface area (Å²) in [5, 5.41) is 3.49. The summed E-state index contributed by atoms with van der Waals surface area (Å²) in [6.07, 6.45) is 5.61. The van der Waals surface area contributed by atoms with Crippen molar-refractivity contribution in [3.8, 4) is 5.75 Å². The molecule has 0 amide bonds. The number of halogens is 2. The van der Waals surface area contributed by atoms with Gasteiger partial charge in [-0.25, -0.2) is 8.78 Å². The van der Waals surface area contributed by atoms with E-state index in [0.717, 1.165) is 25.2 Å². The standard InChI is InChI=1S/C22H22F2N4O/c1-29-20-5-2-4-17(24)21(20)22-25-8-3-9-27(22)19-10-14(23)6-7-18(19)28-13-15-11-16(28)12-26-15/h2-10,15-16,22,26H,11-13H2,1H3/t15-,16-,22?/m1/s1. The highest BCUT2D eigenvalue weighted by Gasteiger charge is 2.39. The SMILES string of the molecule is COc1cccc(F)c1C1N=CC=CN1c1cc(F)ccc1N1C[C@H]2C[C@@H]1CN2. The fourth-order valence-electron chi connectivity index (χ4n) is 4.59. The van der Waals surface area contributed by atoms with Gasteiger partial charge < -0.3 is 19.9 Å². The Balaban J connectivity index is 1.61. The molecule has 3 atom stereocenters. The zero-order chi connectivity index (χ0) is 20.0. The Labute approximate surface area is 168 Å². The molecule has 2 fully saturated rings. The molecular weight excluding hydrogens is 374 g/mol. The lowest BCUT2D eigenvalue weighted by Gasteiger charge is -2.37. The van der Waals surface area contributed by atoms with Crippen LogP contribution in [0.3, 0.4) is 0 Å². The van der Waals surface area contributed by atoms with Crippen molar-refractivity contribution in [2.45, 2.75) is 24.7 Å². The third kappa shape index (κ3) is 3.06. The van der Waals surface area contributed by atoms with E-state index in [1.165, 1.54) is 25.3 Å². The number of piperazine rings is 1. The molecule has 2 bridgehead atoms. The highest BCUT2D eigenvalue weighted by molar-refractivity contribution is 5.80. The fourth-order valence-corrected chi connectivity index (χ4v) is 4.59. The van der Waals surface area contributed by atoms with Gasteiger partial charge in [0.1, 0.15) is 17.4 Å². The summed E-state index contributed by atoms with van der Waals surface area (Å²) in [6.45, 7) is 1.79. The summed E-state index contributed by atoms with van der Waals surface area (Å²) in [4.78, 5) is 8.65. The molecular formula is C22H22F2N4O. The summed E-state index contributed by atoms with van der Waals surface area (Å²) >= 11 is 0. The van der Waals surface area contributed by atoms with Crippen LogP contribution in [0.2, 0.25) is 0 Å². The van der Waals surface area contributed by atoms with Crippen LogP contribution in [0.1, 0.15) is 18.2 Å². The molecule has 3 aliphatic rings. The highest BCUT2D eigenvalue weighted by Crippen LogP contribution is 2.43. The molecule has 0 saturated carbocycles. The van der Waals surface area contributed by atoms with Crippen molar-refractivity contribution >= 4 is 17.6 Å². The summed E-state index contributed by atoms with van der Waals surface area (Å²) < 4.78 is 34.5. The molecule has 3 aliphatic heterocycles. The van der Waals surface area contributed by atoms with Crippen LogP contribution < -0.4 is 19.9 Å². The minimum absolute atomic E-state index is 0.329. The van der Waals surface area contributed by atoms with Gasteiger partial charge in [0.05, 0.1) is 24.0 Å². The first kappa shape index (κ1) is 18.1. The van der Waals surface area contributed by atoms with Crippen molar-refractivity contribution in [1.29, 1.82) is 0 Å². The number of allylic oxidation sites excluding steroid dienone is 1. The lowest BCUT2D eigenvalue weighted by molar-refractivity contribution is 0.399. The van der Waals surface area contributed by atoms with E-state index < -0.39 is 12.0 Å². The van der Waals surface area contributed by atoms with Gasteiger partial charge in [0.15, 0.2) is 6.17 Å². The van der Waals surface area contributed by atoms with Crippen molar-refractivity contribution in [2.24, 2.45) is 4.99 Å². The molecule has 2 aromatic rings.